The van der Waals surface area contributed by atoms with E-state index in [2.05, 4.69) is 15.4 Å². The average molecular weight is 440 g/mol. The van der Waals surface area contributed by atoms with Gasteiger partial charge in [-0.05, 0) is 35.7 Å². The van der Waals surface area contributed by atoms with Gasteiger partial charge in [0.25, 0.3) is 5.91 Å². The number of halogens is 3. The smallest absolute Gasteiger partial charge is 0.376 e. The maximum atomic E-state index is 13.8. The molecule has 4 aromatic rings. The number of hydrogen-bond acceptors (Lipinski definition) is 4. The quantitative estimate of drug-likeness (QED) is 0.508. The molecule has 0 bridgehead atoms. The number of fused-ring (bicyclic) bond motifs is 2. The molecule has 0 spiro atoms. The van der Waals surface area contributed by atoms with E-state index in [1.807, 2.05) is 30.3 Å². The molecule has 1 N–H and O–H groups in total. The number of benzene rings is 2. The summed E-state index contributed by atoms with van der Waals surface area (Å²) in [6.45, 7) is 0.930. The van der Waals surface area contributed by atoms with Crippen LogP contribution in [0.5, 0.6) is 0 Å². The molecule has 0 unspecified atom stereocenters. The predicted octanol–water partition coefficient (Wildman–Crippen LogP) is 4.48. The van der Waals surface area contributed by atoms with Crippen LogP contribution < -0.4 is 5.32 Å². The molecule has 1 saturated heterocycles. The molecule has 1 amide bonds. The minimum atomic E-state index is -4.68. The molecule has 1 fully saturated rings. The molecule has 1 aliphatic heterocycles. The fourth-order valence-corrected chi connectivity index (χ4v) is 3.89. The van der Waals surface area contributed by atoms with E-state index in [0.717, 1.165) is 29.7 Å². The molecular weight excluding hydrogens is 421 g/mol. The molecule has 6 nitrogen and oxygen atoms in total. The van der Waals surface area contributed by atoms with Gasteiger partial charge in [0.15, 0.2) is 17.0 Å². The fourth-order valence-electron chi connectivity index (χ4n) is 3.89. The summed E-state index contributed by atoms with van der Waals surface area (Å²) in [5.74, 6) is -0.564. The Morgan fingerprint density at radius 2 is 1.94 bits per heavy atom. The summed E-state index contributed by atoms with van der Waals surface area (Å²) in [7, 11) is 0. The Morgan fingerprint density at radius 3 is 2.69 bits per heavy atom. The first kappa shape index (κ1) is 20.4. The van der Waals surface area contributed by atoms with Crippen molar-refractivity contribution < 1.29 is 22.7 Å². The molecule has 0 aliphatic carbocycles. The lowest BCUT2D eigenvalue weighted by Gasteiger charge is -2.11. The lowest BCUT2D eigenvalue weighted by atomic mass is 10.0. The molecular formula is C23H19F3N4O2. The van der Waals surface area contributed by atoms with Gasteiger partial charge in [-0.25, -0.2) is 9.50 Å². The molecule has 2 aromatic heterocycles. The summed E-state index contributed by atoms with van der Waals surface area (Å²) < 4.78 is 47.6. The van der Waals surface area contributed by atoms with Crippen molar-refractivity contribution in [1.29, 1.82) is 0 Å². The molecule has 164 valence electrons. The minimum absolute atomic E-state index is 0.0507. The highest BCUT2D eigenvalue weighted by Gasteiger charge is 2.35. The number of nitrogens with zero attached hydrogens (tertiary/aromatic N) is 3. The zero-order valence-corrected chi connectivity index (χ0v) is 16.9. The minimum Gasteiger partial charge on any atom is -0.376 e. The summed E-state index contributed by atoms with van der Waals surface area (Å²) in [4.78, 5) is 16.8. The summed E-state index contributed by atoms with van der Waals surface area (Å²) in [5.41, 5.74) is -0.477. The summed E-state index contributed by atoms with van der Waals surface area (Å²) in [6, 6.07) is 15.2. The van der Waals surface area contributed by atoms with Crippen LogP contribution in [0.1, 0.15) is 29.0 Å². The van der Waals surface area contributed by atoms with Crippen molar-refractivity contribution in [2.45, 2.75) is 25.1 Å². The first-order chi connectivity index (χ1) is 15.4. The molecule has 1 aliphatic rings. The summed E-state index contributed by atoms with van der Waals surface area (Å²) in [5, 5.41) is 8.43. The number of alkyl halides is 3. The van der Waals surface area contributed by atoms with E-state index in [-0.39, 0.29) is 29.7 Å². The summed E-state index contributed by atoms with van der Waals surface area (Å²) in [6.07, 6.45) is -3.00. The molecule has 2 aromatic carbocycles. The molecule has 0 radical (unpaired) electrons. The second-order valence-corrected chi connectivity index (χ2v) is 7.73. The van der Waals surface area contributed by atoms with Crippen LogP contribution in [0.15, 0.2) is 54.6 Å². The van der Waals surface area contributed by atoms with Crippen LogP contribution in [0.25, 0.3) is 27.7 Å². The second kappa shape index (κ2) is 7.90. The van der Waals surface area contributed by atoms with E-state index >= 15 is 0 Å². The third kappa shape index (κ3) is 3.91. The zero-order chi connectivity index (χ0) is 22.3. The van der Waals surface area contributed by atoms with Gasteiger partial charge in [0.1, 0.15) is 0 Å². The molecule has 9 heteroatoms. The molecule has 0 saturated carbocycles. The van der Waals surface area contributed by atoms with Gasteiger partial charge in [-0.2, -0.15) is 18.3 Å². The van der Waals surface area contributed by atoms with E-state index in [9.17, 15) is 18.0 Å². The number of hydrogen-bond donors (Lipinski definition) is 1. The Balaban J connectivity index is 1.54. The first-order valence-corrected chi connectivity index (χ1v) is 10.3. The van der Waals surface area contributed by atoms with Gasteiger partial charge in [-0.3, -0.25) is 4.79 Å². The van der Waals surface area contributed by atoms with Crippen molar-refractivity contribution >= 4 is 22.3 Å². The SMILES string of the molecule is O=C(NC[C@@H]1CCCO1)c1cc2nc(-c3ccc4ccccc4c3)cc(C(F)(F)F)n2n1. The van der Waals surface area contributed by atoms with Crippen LogP contribution in [0.4, 0.5) is 13.2 Å². The monoisotopic (exact) mass is 440 g/mol. The van der Waals surface area contributed by atoms with Gasteiger partial charge in [0.05, 0.1) is 11.8 Å². The van der Waals surface area contributed by atoms with E-state index in [4.69, 9.17) is 4.74 Å². The highest BCUT2D eigenvalue weighted by atomic mass is 19.4. The van der Waals surface area contributed by atoms with Gasteiger partial charge >= 0.3 is 6.18 Å². The number of nitrogens with one attached hydrogen (secondary N) is 1. The van der Waals surface area contributed by atoms with Gasteiger partial charge < -0.3 is 10.1 Å². The van der Waals surface area contributed by atoms with E-state index in [0.29, 0.717) is 16.7 Å². The maximum Gasteiger partial charge on any atom is 0.433 e. The standard InChI is InChI=1S/C23H19F3N4O2/c24-23(25,26)20-11-18(16-8-7-14-4-1-2-5-15(14)10-16)28-21-12-19(29-30(20)21)22(31)27-13-17-6-3-9-32-17/h1-2,4-5,7-8,10-12,17H,3,6,9,13H2,(H,27,31)/t17-/m0/s1. The fraction of sp³-hybridized carbons (Fsp3) is 0.261. The van der Waals surface area contributed by atoms with Crippen molar-refractivity contribution in [3.8, 4) is 11.3 Å². The van der Waals surface area contributed by atoms with Crippen molar-refractivity contribution in [3.63, 3.8) is 0 Å². The summed E-state index contributed by atoms with van der Waals surface area (Å²) >= 11 is 0. The number of carbonyl (C=O) groups excluding carboxylic acids is 1. The topological polar surface area (TPSA) is 68.5 Å². The van der Waals surface area contributed by atoms with E-state index in [1.54, 1.807) is 12.1 Å². The molecule has 1 atom stereocenters. The van der Waals surface area contributed by atoms with Crippen molar-refractivity contribution in [3.05, 3.63) is 66.0 Å². The van der Waals surface area contributed by atoms with Crippen LogP contribution >= 0.6 is 0 Å². The number of aromatic nitrogens is 3. The molecule has 5 rings (SSSR count). The van der Waals surface area contributed by atoms with Crippen molar-refractivity contribution in [1.82, 2.24) is 19.9 Å². The largest absolute Gasteiger partial charge is 0.433 e. The predicted molar refractivity (Wildman–Crippen MR) is 112 cm³/mol. The zero-order valence-electron chi connectivity index (χ0n) is 16.9. The normalized spacial score (nSPS) is 16.7. The van der Waals surface area contributed by atoms with Crippen LogP contribution in [0.2, 0.25) is 0 Å². The Bertz CT molecular complexity index is 1310. The van der Waals surface area contributed by atoms with Gasteiger partial charge in [-0.1, -0.05) is 36.4 Å². The Kier molecular flexibility index (Phi) is 5.05. The Morgan fingerprint density at radius 1 is 1.12 bits per heavy atom. The number of amides is 1. The van der Waals surface area contributed by atoms with E-state index < -0.39 is 17.8 Å². The van der Waals surface area contributed by atoms with Crippen LogP contribution in [0.3, 0.4) is 0 Å². The lowest BCUT2D eigenvalue weighted by molar-refractivity contribution is -0.142. The highest BCUT2D eigenvalue weighted by Crippen LogP contribution is 2.33. The van der Waals surface area contributed by atoms with Gasteiger partial charge in [0.2, 0.25) is 0 Å². The first-order valence-electron chi connectivity index (χ1n) is 10.3. The van der Waals surface area contributed by atoms with E-state index in [1.165, 1.54) is 6.07 Å². The third-order valence-corrected chi connectivity index (χ3v) is 5.51. The van der Waals surface area contributed by atoms with Gasteiger partial charge in [0, 0.05) is 24.8 Å². The molecule has 32 heavy (non-hydrogen) atoms. The average Bonchev–Trinajstić information content (AvgIpc) is 3.45. The number of rotatable bonds is 4. The van der Waals surface area contributed by atoms with Crippen molar-refractivity contribution in [2.75, 3.05) is 13.2 Å². The second-order valence-electron chi connectivity index (χ2n) is 7.73. The van der Waals surface area contributed by atoms with Crippen molar-refractivity contribution in [2.24, 2.45) is 0 Å². The van der Waals surface area contributed by atoms with Crippen LogP contribution in [-0.4, -0.2) is 39.8 Å². The van der Waals surface area contributed by atoms with Crippen LogP contribution in [0, 0.1) is 0 Å². The highest BCUT2D eigenvalue weighted by molar-refractivity contribution is 5.93. The number of carbonyl (C=O) groups is 1. The number of ether oxygens (including phenoxy) is 1. The molecule has 3 heterocycles. The Labute approximate surface area is 181 Å². The Hall–Kier alpha value is -3.46. The van der Waals surface area contributed by atoms with Crippen LogP contribution in [-0.2, 0) is 10.9 Å². The lowest BCUT2D eigenvalue weighted by Crippen LogP contribution is -2.32. The van der Waals surface area contributed by atoms with Gasteiger partial charge in [-0.15, -0.1) is 0 Å². The third-order valence-electron chi connectivity index (χ3n) is 5.51. The maximum absolute atomic E-state index is 13.8.